The minimum atomic E-state index is -3.91. The van der Waals surface area contributed by atoms with Gasteiger partial charge in [-0.3, -0.25) is 14.2 Å². The minimum Gasteiger partial charge on any atom is -0.319 e. The number of hydrogen-bond donors (Lipinski definition) is 2. The van der Waals surface area contributed by atoms with E-state index in [0.29, 0.717) is 17.9 Å². The molecule has 0 saturated heterocycles. The number of aryl methyl sites for hydroxylation is 1. The van der Waals surface area contributed by atoms with Crippen LogP contribution >= 0.6 is 11.3 Å². The largest absolute Gasteiger partial charge is 0.319 e. The number of benzene rings is 2. The Morgan fingerprint density at radius 1 is 1.03 bits per heavy atom. The molecule has 2 aromatic carbocycles. The van der Waals surface area contributed by atoms with Gasteiger partial charge in [0.1, 0.15) is 9.77 Å². The first-order chi connectivity index (χ1) is 14.9. The summed E-state index contributed by atoms with van der Waals surface area (Å²) in [5, 5.41) is 8.57. The molecule has 31 heavy (non-hydrogen) atoms. The highest BCUT2D eigenvalue weighted by Gasteiger charge is 2.24. The summed E-state index contributed by atoms with van der Waals surface area (Å²) in [6.45, 7) is 2.48. The first-order valence-corrected chi connectivity index (χ1v) is 11.8. The molecule has 158 valence electrons. The second-order valence-corrected chi connectivity index (χ2v) is 9.52. The van der Waals surface area contributed by atoms with Crippen LogP contribution in [0.15, 0.2) is 83.3 Å². The highest BCUT2D eigenvalue weighted by molar-refractivity contribution is 7.93. The molecular weight excluding hydrogens is 432 g/mol. The van der Waals surface area contributed by atoms with Crippen molar-refractivity contribution < 1.29 is 13.2 Å². The van der Waals surface area contributed by atoms with E-state index in [1.165, 1.54) is 12.3 Å². The Labute approximate surface area is 184 Å². The van der Waals surface area contributed by atoms with Crippen molar-refractivity contribution in [3.8, 4) is 0 Å². The molecule has 0 aliphatic carbocycles. The van der Waals surface area contributed by atoms with Crippen molar-refractivity contribution in [2.45, 2.75) is 18.4 Å². The molecule has 9 heteroatoms. The summed E-state index contributed by atoms with van der Waals surface area (Å²) in [7, 11) is -3.91. The van der Waals surface area contributed by atoms with Crippen LogP contribution in [-0.2, 0) is 16.6 Å². The quantitative estimate of drug-likeness (QED) is 0.436. The average molecular weight is 453 g/mol. The predicted molar refractivity (Wildman–Crippen MR) is 122 cm³/mol. The van der Waals surface area contributed by atoms with Crippen LogP contribution in [0.1, 0.15) is 20.8 Å². The summed E-state index contributed by atoms with van der Waals surface area (Å²) in [5.41, 5.74) is 3.03. The van der Waals surface area contributed by atoms with Gasteiger partial charge in [-0.15, -0.1) is 11.3 Å². The van der Waals surface area contributed by atoms with E-state index in [4.69, 9.17) is 0 Å². The number of carbonyl (C=O) groups is 1. The van der Waals surface area contributed by atoms with Gasteiger partial charge in [0.15, 0.2) is 0 Å². The third-order valence-electron chi connectivity index (χ3n) is 4.51. The Kier molecular flexibility index (Phi) is 5.88. The molecular formula is C22H20N4O3S2. The molecule has 7 nitrogen and oxygen atoms in total. The molecule has 2 aromatic heterocycles. The Morgan fingerprint density at radius 3 is 2.52 bits per heavy atom. The highest BCUT2D eigenvalue weighted by atomic mass is 32.2. The average Bonchev–Trinajstić information content (AvgIpc) is 3.41. The minimum absolute atomic E-state index is 0.0627. The summed E-state index contributed by atoms with van der Waals surface area (Å²) in [4.78, 5) is 12.8. The molecule has 0 saturated carbocycles. The lowest BCUT2D eigenvalue weighted by Crippen LogP contribution is -2.18. The van der Waals surface area contributed by atoms with Crippen molar-refractivity contribution in [3.05, 3.63) is 94.4 Å². The smallest absolute Gasteiger partial charge is 0.267 e. The van der Waals surface area contributed by atoms with Gasteiger partial charge in [0.05, 0.1) is 18.4 Å². The Balaban J connectivity index is 1.48. The first kappa shape index (κ1) is 20.8. The van der Waals surface area contributed by atoms with Crippen molar-refractivity contribution in [1.29, 1.82) is 0 Å². The standard InChI is InChI=1S/C22H20N4O3S2/c1-16-7-9-18(10-8-16)25-31(28,29)20-11-12-30-21(20)22(27)24-19-13-23-26(15-19)14-17-5-3-2-4-6-17/h2-13,15,25H,14H2,1H3,(H,24,27). The van der Waals surface area contributed by atoms with Crippen molar-refractivity contribution >= 4 is 38.6 Å². The molecule has 0 radical (unpaired) electrons. The summed E-state index contributed by atoms with van der Waals surface area (Å²) in [5.74, 6) is -0.501. The number of aromatic nitrogens is 2. The maximum atomic E-state index is 12.8. The lowest BCUT2D eigenvalue weighted by Gasteiger charge is -2.09. The maximum absolute atomic E-state index is 12.8. The van der Waals surface area contributed by atoms with Gasteiger partial charge in [-0.1, -0.05) is 48.0 Å². The molecule has 4 rings (SSSR count). The molecule has 1 amide bonds. The topological polar surface area (TPSA) is 93.1 Å². The summed E-state index contributed by atoms with van der Waals surface area (Å²) >= 11 is 1.07. The molecule has 0 aliphatic heterocycles. The van der Waals surface area contributed by atoms with E-state index in [2.05, 4.69) is 15.1 Å². The predicted octanol–water partition coefficient (Wildman–Crippen LogP) is 4.35. The zero-order chi connectivity index (χ0) is 21.8. The van der Waals surface area contributed by atoms with Crippen molar-refractivity contribution in [2.75, 3.05) is 10.0 Å². The van der Waals surface area contributed by atoms with Gasteiger partial charge in [0.2, 0.25) is 0 Å². The number of rotatable bonds is 7. The van der Waals surface area contributed by atoms with E-state index in [-0.39, 0.29) is 9.77 Å². The fourth-order valence-electron chi connectivity index (χ4n) is 2.98. The number of nitrogens with zero attached hydrogens (tertiary/aromatic N) is 2. The Hall–Kier alpha value is -3.43. The first-order valence-electron chi connectivity index (χ1n) is 9.45. The number of hydrogen-bond acceptors (Lipinski definition) is 5. The van der Waals surface area contributed by atoms with Crippen molar-refractivity contribution in [2.24, 2.45) is 0 Å². The number of sulfonamides is 1. The Bertz CT molecular complexity index is 1290. The number of nitrogens with one attached hydrogen (secondary N) is 2. The summed E-state index contributed by atoms with van der Waals surface area (Å²) < 4.78 is 29.9. The number of thiophene rings is 1. The van der Waals surface area contributed by atoms with Crippen LogP contribution in [0.5, 0.6) is 0 Å². The van der Waals surface area contributed by atoms with Gasteiger partial charge in [-0.05, 0) is 36.1 Å². The monoisotopic (exact) mass is 452 g/mol. The fraction of sp³-hybridized carbons (Fsp3) is 0.0909. The second-order valence-electron chi connectivity index (χ2n) is 6.95. The van der Waals surface area contributed by atoms with Crippen LogP contribution in [0, 0.1) is 6.92 Å². The molecule has 0 fully saturated rings. The van der Waals surface area contributed by atoms with Gasteiger partial charge >= 0.3 is 0 Å². The van der Waals surface area contributed by atoms with Crippen LogP contribution in [0.4, 0.5) is 11.4 Å². The Morgan fingerprint density at radius 2 is 1.77 bits per heavy atom. The molecule has 2 heterocycles. The second kappa shape index (κ2) is 8.75. The fourth-order valence-corrected chi connectivity index (χ4v) is 5.36. The van der Waals surface area contributed by atoms with E-state index < -0.39 is 15.9 Å². The highest BCUT2D eigenvalue weighted by Crippen LogP contribution is 2.25. The van der Waals surface area contributed by atoms with E-state index in [0.717, 1.165) is 22.5 Å². The third-order valence-corrected chi connectivity index (χ3v) is 6.97. The van der Waals surface area contributed by atoms with E-state index >= 15 is 0 Å². The molecule has 4 aromatic rings. The molecule has 0 bridgehead atoms. The van der Waals surface area contributed by atoms with E-state index in [9.17, 15) is 13.2 Å². The molecule has 2 N–H and O–H groups in total. The zero-order valence-corrected chi connectivity index (χ0v) is 18.3. The van der Waals surface area contributed by atoms with Gasteiger partial charge in [0, 0.05) is 11.9 Å². The maximum Gasteiger partial charge on any atom is 0.267 e. The van der Waals surface area contributed by atoms with Crippen LogP contribution in [0.2, 0.25) is 0 Å². The third kappa shape index (κ3) is 5.01. The van der Waals surface area contributed by atoms with Crippen molar-refractivity contribution in [1.82, 2.24) is 9.78 Å². The lowest BCUT2D eigenvalue weighted by molar-refractivity contribution is 0.102. The summed E-state index contributed by atoms with van der Waals surface area (Å²) in [6, 6.07) is 18.2. The summed E-state index contributed by atoms with van der Waals surface area (Å²) in [6.07, 6.45) is 3.24. The van der Waals surface area contributed by atoms with Crippen LogP contribution < -0.4 is 10.0 Å². The SMILES string of the molecule is Cc1ccc(NS(=O)(=O)c2ccsc2C(=O)Nc2cnn(Cc3ccccc3)c2)cc1. The lowest BCUT2D eigenvalue weighted by atomic mass is 10.2. The van der Waals surface area contributed by atoms with Gasteiger partial charge in [0.25, 0.3) is 15.9 Å². The van der Waals surface area contributed by atoms with Gasteiger partial charge in [-0.25, -0.2) is 8.42 Å². The molecule has 0 aliphatic rings. The molecule has 0 spiro atoms. The van der Waals surface area contributed by atoms with Gasteiger partial charge in [-0.2, -0.15) is 5.10 Å². The number of carbonyl (C=O) groups excluding carboxylic acids is 1. The van der Waals surface area contributed by atoms with Crippen LogP contribution in [0.25, 0.3) is 0 Å². The van der Waals surface area contributed by atoms with Gasteiger partial charge < -0.3 is 5.32 Å². The molecule has 0 atom stereocenters. The van der Waals surface area contributed by atoms with E-state index in [1.54, 1.807) is 28.4 Å². The van der Waals surface area contributed by atoms with Crippen LogP contribution in [0.3, 0.4) is 0 Å². The molecule has 0 unspecified atom stereocenters. The normalized spacial score (nSPS) is 11.3. The van der Waals surface area contributed by atoms with Crippen molar-refractivity contribution in [3.63, 3.8) is 0 Å². The van der Waals surface area contributed by atoms with Crippen LogP contribution in [-0.4, -0.2) is 24.1 Å². The van der Waals surface area contributed by atoms with E-state index in [1.807, 2.05) is 49.4 Å². The number of amides is 1. The number of anilines is 2. The zero-order valence-electron chi connectivity index (χ0n) is 16.6.